The Kier molecular flexibility index (Phi) is 8.71. The van der Waals surface area contributed by atoms with Crippen molar-refractivity contribution in [3.63, 3.8) is 0 Å². The Morgan fingerprint density at radius 3 is 2.00 bits per heavy atom. The van der Waals surface area contributed by atoms with E-state index in [2.05, 4.69) is 5.32 Å². The summed E-state index contributed by atoms with van der Waals surface area (Å²) in [5.74, 6) is 0.820. The van der Waals surface area contributed by atoms with Crippen LogP contribution in [0.5, 0.6) is 28.7 Å². The maximum atomic E-state index is 12.6. The number of amides is 1. The molecule has 0 aromatic heterocycles. The van der Waals surface area contributed by atoms with Gasteiger partial charge in [0.05, 0.1) is 39.0 Å². The van der Waals surface area contributed by atoms with Gasteiger partial charge in [0.2, 0.25) is 11.7 Å². The molecule has 0 heterocycles. The molecule has 0 aliphatic carbocycles. The van der Waals surface area contributed by atoms with Crippen LogP contribution in [-0.4, -0.2) is 44.4 Å². The quantitative estimate of drug-likeness (QED) is 0.127. The number of carbonyl (C=O) groups excluding carboxylic acids is 1. The summed E-state index contributed by atoms with van der Waals surface area (Å²) < 4.78 is 21.3. The van der Waals surface area contributed by atoms with E-state index in [-0.39, 0.29) is 22.9 Å². The summed E-state index contributed by atoms with van der Waals surface area (Å²) in [6.45, 7) is 0. The summed E-state index contributed by atoms with van der Waals surface area (Å²) in [6.07, 6.45) is 6.22. The molecule has 3 aromatic carbocycles. The van der Waals surface area contributed by atoms with Crippen molar-refractivity contribution in [1.29, 1.82) is 0 Å². The number of nitro benzene ring substituents is 1. The Bertz CT molecular complexity index is 1320. The molecule has 1 amide bonds. The van der Waals surface area contributed by atoms with Gasteiger partial charge in [0.1, 0.15) is 0 Å². The van der Waals surface area contributed by atoms with Gasteiger partial charge in [-0.2, -0.15) is 0 Å². The third-order valence-electron chi connectivity index (χ3n) is 5.31. The summed E-state index contributed by atoms with van der Waals surface area (Å²) in [5, 5.41) is 24.2. The molecular formula is C27H26N2O8. The lowest BCUT2D eigenvalue weighted by atomic mass is 10.1. The van der Waals surface area contributed by atoms with E-state index in [0.717, 1.165) is 5.56 Å². The predicted octanol–water partition coefficient (Wildman–Crippen LogP) is 5.16. The molecule has 0 saturated heterocycles. The maximum absolute atomic E-state index is 12.6. The first-order chi connectivity index (χ1) is 17.8. The summed E-state index contributed by atoms with van der Waals surface area (Å²) >= 11 is 0. The first-order valence-electron chi connectivity index (χ1n) is 10.9. The SMILES string of the molecule is COc1ccc(/C=C/c2cc(OC)c(OC)c(OC)c2)c(NC(=O)/C=C/c2ccc([N+](=O)[O-])cc2)c1O. The van der Waals surface area contributed by atoms with E-state index < -0.39 is 10.8 Å². The second-order valence-electron chi connectivity index (χ2n) is 7.54. The molecule has 0 aliphatic rings. The summed E-state index contributed by atoms with van der Waals surface area (Å²) in [5.41, 5.74) is 1.91. The van der Waals surface area contributed by atoms with E-state index in [4.69, 9.17) is 18.9 Å². The van der Waals surface area contributed by atoms with E-state index in [9.17, 15) is 20.0 Å². The molecule has 0 atom stereocenters. The second-order valence-corrected chi connectivity index (χ2v) is 7.54. The number of non-ortho nitro benzene ring substituents is 1. The highest BCUT2D eigenvalue weighted by atomic mass is 16.6. The van der Waals surface area contributed by atoms with E-state index >= 15 is 0 Å². The van der Waals surface area contributed by atoms with Crippen LogP contribution in [-0.2, 0) is 4.79 Å². The Balaban J connectivity index is 1.90. The number of phenolic OH excluding ortho intramolecular Hbond substituents is 1. The molecule has 3 aromatic rings. The molecule has 0 saturated carbocycles. The van der Waals surface area contributed by atoms with Crippen molar-refractivity contribution in [3.05, 3.63) is 81.4 Å². The second kappa shape index (κ2) is 12.1. The number of anilines is 1. The molecule has 0 unspecified atom stereocenters. The van der Waals surface area contributed by atoms with Crippen molar-refractivity contribution in [2.45, 2.75) is 0 Å². The third-order valence-corrected chi connectivity index (χ3v) is 5.31. The normalized spacial score (nSPS) is 10.9. The fourth-order valence-corrected chi connectivity index (χ4v) is 3.45. The summed E-state index contributed by atoms with van der Waals surface area (Å²) in [7, 11) is 5.95. The van der Waals surface area contributed by atoms with E-state index in [0.29, 0.717) is 28.4 Å². The molecule has 0 radical (unpaired) electrons. The molecular weight excluding hydrogens is 480 g/mol. The standard InChI is InChI=1S/C27H26N2O8/c1-34-21-13-10-19(9-5-18-15-22(35-2)27(37-4)23(16-18)36-3)25(26(21)31)28-24(30)14-8-17-6-11-20(12-7-17)29(32)33/h5-16,31H,1-4H3,(H,28,30)/b9-5+,14-8+. The lowest BCUT2D eigenvalue weighted by Gasteiger charge is -2.14. The van der Waals surface area contributed by atoms with Gasteiger partial charge in [-0.05, 0) is 53.6 Å². The molecule has 2 N–H and O–H groups in total. The fourth-order valence-electron chi connectivity index (χ4n) is 3.45. The Morgan fingerprint density at radius 1 is 0.838 bits per heavy atom. The monoisotopic (exact) mass is 506 g/mol. The minimum absolute atomic E-state index is 0.0496. The number of ether oxygens (including phenoxy) is 4. The van der Waals surface area contributed by atoms with Crippen LogP contribution < -0.4 is 24.3 Å². The number of nitrogens with zero attached hydrogens (tertiary/aromatic N) is 1. The molecule has 10 nitrogen and oxygen atoms in total. The minimum Gasteiger partial charge on any atom is -0.503 e. The average Bonchev–Trinajstić information content (AvgIpc) is 2.91. The lowest BCUT2D eigenvalue weighted by Crippen LogP contribution is -2.09. The van der Waals surface area contributed by atoms with Crippen molar-refractivity contribution >= 4 is 35.5 Å². The largest absolute Gasteiger partial charge is 0.503 e. The van der Waals surface area contributed by atoms with Crippen molar-refractivity contribution < 1.29 is 33.8 Å². The summed E-state index contributed by atoms with van der Waals surface area (Å²) in [4.78, 5) is 22.9. The molecule has 0 bridgehead atoms. The van der Waals surface area contributed by atoms with Gasteiger partial charge in [-0.3, -0.25) is 14.9 Å². The van der Waals surface area contributed by atoms with Gasteiger partial charge in [-0.25, -0.2) is 0 Å². The number of nitrogens with one attached hydrogen (secondary N) is 1. The van der Waals surface area contributed by atoms with Crippen LogP contribution in [0.15, 0.2) is 54.6 Å². The Morgan fingerprint density at radius 2 is 1.46 bits per heavy atom. The number of benzene rings is 3. The highest BCUT2D eigenvalue weighted by Gasteiger charge is 2.15. The van der Waals surface area contributed by atoms with E-state index in [1.54, 1.807) is 36.4 Å². The van der Waals surface area contributed by atoms with Crippen LogP contribution in [0, 0.1) is 10.1 Å². The zero-order chi connectivity index (χ0) is 26.9. The zero-order valence-corrected chi connectivity index (χ0v) is 20.7. The van der Waals surface area contributed by atoms with Crippen LogP contribution in [0.25, 0.3) is 18.2 Å². The highest BCUT2D eigenvalue weighted by molar-refractivity contribution is 6.04. The Labute approximate surface area is 213 Å². The number of hydrogen-bond donors (Lipinski definition) is 2. The number of phenols is 1. The van der Waals surface area contributed by atoms with Crippen LogP contribution in [0.3, 0.4) is 0 Å². The van der Waals surface area contributed by atoms with Gasteiger partial charge >= 0.3 is 0 Å². The first-order valence-corrected chi connectivity index (χ1v) is 10.9. The summed E-state index contributed by atoms with van der Waals surface area (Å²) in [6, 6.07) is 12.5. The van der Waals surface area contributed by atoms with Crippen molar-refractivity contribution in [1.82, 2.24) is 0 Å². The lowest BCUT2D eigenvalue weighted by molar-refractivity contribution is -0.384. The topological polar surface area (TPSA) is 129 Å². The van der Waals surface area contributed by atoms with Crippen LogP contribution in [0.1, 0.15) is 16.7 Å². The van der Waals surface area contributed by atoms with Crippen molar-refractivity contribution in [2.75, 3.05) is 33.8 Å². The van der Waals surface area contributed by atoms with Gasteiger partial charge in [-0.1, -0.05) is 12.2 Å². The first kappa shape index (κ1) is 26.6. The number of methoxy groups -OCH3 is 4. The van der Waals surface area contributed by atoms with Gasteiger partial charge in [0.25, 0.3) is 5.69 Å². The van der Waals surface area contributed by atoms with Gasteiger partial charge < -0.3 is 29.4 Å². The molecule has 192 valence electrons. The third kappa shape index (κ3) is 6.37. The van der Waals surface area contributed by atoms with Gasteiger partial charge in [0.15, 0.2) is 23.0 Å². The van der Waals surface area contributed by atoms with Crippen LogP contribution >= 0.6 is 0 Å². The molecule has 0 spiro atoms. The smallest absolute Gasteiger partial charge is 0.269 e. The number of rotatable bonds is 10. The van der Waals surface area contributed by atoms with E-state index in [1.807, 2.05) is 0 Å². The molecule has 37 heavy (non-hydrogen) atoms. The minimum atomic E-state index is -0.524. The van der Waals surface area contributed by atoms with E-state index in [1.165, 1.54) is 64.9 Å². The average molecular weight is 507 g/mol. The van der Waals surface area contributed by atoms with Gasteiger partial charge in [-0.15, -0.1) is 0 Å². The molecule has 10 heteroatoms. The fraction of sp³-hybridized carbons (Fsp3) is 0.148. The number of nitro groups is 1. The number of aromatic hydroxyl groups is 1. The maximum Gasteiger partial charge on any atom is 0.269 e. The predicted molar refractivity (Wildman–Crippen MR) is 140 cm³/mol. The van der Waals surface area contributed by atoms with Crippen molar-refractivity contribution in [3.8, 4) is 28.7 Å². The molecule has 0 fully saturated rings. The van der Waals surface area contributed by atoms with Crippen LogP contribution in [0.2, 0.25) is 0 Å². The molecule has 0 aliphatic heterocycles. The zero-order valence-electron chi connectivity index (χ0n) is 20.7. The highest BCUT2D eigenvalue weighted by Crippen LogP contribution is 2.40. The van der Waals surface area contributed by atoms with Crippen molar-refractivity contribution in [2.24, 2.45) is 0 Å². The van der Waals surface area contributed by atoms with Crippen LogP contribution in [0.4, 0.5) is 11.4 Å². The Hall–Kier alpha value is -4.99. The number of carbonyl (C=O) groups is 1. The van der Waals surface area contributed by atoms with Gasteiger partial charge in [0, 0.05) is 23.8 Å². The number of hydrogen-bond acceptors (Lipinski definition) is 8. The molecule has 3 rings (SSSR count).